The molecule has 3 aromatic rings. The van der Waals surface area contributed by atoms with Crippen molar-refractivity contribution in [1.29, 1.82) is 0 Å². The summed E-state index contributed by atoms with van der Waals surface area (Å²) in [5, 5.41) is 6.35. The molecular weight excluding hydrogens is 337 g/mol. The highest BCUT2D eigenvalue weighted by Crippen LogP contribution is 2.44. The topological polar surface area (TPSA) is 106 Å². The number of hydrogen-bond donors (Lipinski definition) is 3. The van der Waals surface area contributed by atoms with E-state index in [1.54, 1.807) is 6.07 Å². The lowest BCUT2D eigenvalue weighted by Crippen LogP contribution is -2.33. The van der Waals surface area contributed by atoms with E-state index < -0.39 is 0 Å². The van der Waals surface area contributed by atoms with Crippen LogP contribution < -0.4 is 16.4 Å². The van der Waals surface area contributed by atoms with Crippen LogP contribution in [0.15, 0.2) is 35.0 Å². The summed E-state index contributed by atoms with van der Waals surface area (Å²) >= 11 is 0. The van der Waals surface area contributed by atoms with Gasteiger partial charge in [-0.2, -0.15) is 0 Å². The number of carbonyl (C=O) groups is 1. The minimum absolute atomic E-state index is 0.136. The van der Waals surface area contributed by atoms with Gasteiger partial charge in [0.05, 0.1) is 24.1 Å². The van der Waals surface area contributed by atoms with E-state index in [9.17, 15) is 9.18 Å². The molecule has 1 saturated carbocycles. The third-order valence-corrected chi connectivity index (χ3v) is 4.53. The van der Waals surface area contributed by atoms with Crippen molar-refractivity contribution in [2.24, 2.45) is 5.92 Å². The van der Waals surface area contributed by atoms with Gasteiger partial charge in [0.2, 0.25) is 5.95 Å². The van der Waals surface area contributed by atoms with E-state index in [0.29, 0.717) is 22.9 Å². The molecule has 4 rings (SSSR count). The summed E-state index contributed by atoms with van der Waals surface area (Å²) in [4.78, 5) is 20.1. The number of rotatable bonds is 4. The second-order valence-corrected chi connectivity index (χ2v) is 6.48. The number of urea groups is 1. The van der Waals surface area contributed by atoms with Gasteiger partial charge in [-0.15, -0.1) is 0 Å². The zero-order valence-corrected chi connectivity index (χ0v) is 14.1. The number of aryl methyl sites for hydroxylation is 1. The molecular formula is C18H18FN5O2. The van der Waals surface area contributed by atoms with E-state index in [-0.39, 0.29) is 23.8 Å². The Kier molecular flexibility index (Phi) is 3.95. The largest absolute Gasteiger partial charge is 0.459 e. The Morgan fingerprint density at radius 1 is 1.35 bits per heavy atom. The molecule has 2 amide bonds. The number of carbonyl (C=O) groups excluding carboxylic acids is 1. The van der Waals surface area contributed by atoms with Gasteiger partial charge in [0.1, 0.15) is 17.2 Å². The summed E-state index contributed by atoms with van der Waals surface area (Å²) < 4.78 is 19.5. The third kappa shape index (κ3) is 3.17. The fraction of sp³-hybridized carbons (Fsp3) is 0.278. The number of halogens is 1. The lowest BCUT2D eigenvalue weighted by atomic mass is 10.0. The highest BCUT2D eigenvalue weighted by atomic mass is 19.1. The van der Waals surface area contributed by atoms with Crippen LogP contribution in [0.5, 0.6) is 0 Å². The van der Waals surface area contributed by atoms with E-state index in [0.717, 1.165) is 23.8 Å². The van der Waals surface area contributed by atoms with Crippen molar-refractivity contribution in [2.45, 2.75) is 25.8 Å². The van der Waals surface area contributed by atoms with Gasteiger partial charge in [0.25, 0.3) is 0 Å². The number of nitrogens with two attached hydrogens (primary N) is 1. The molecule has 0 radical (unpaired) electrons. The summed E-state index contributed by atoms with van der Waals surface area (Å²) in [5.41, 5.74) is 7.33. The first-order valence-corrected chi connectivity index (χ1v) is 8.35. The van der Waals surface area contributed by atoms with Gasteiger partial charge < -0.3 is 20.8 Å². The van der Waals surface area contributed by atoms with Crippen LogP contribution in [0, 0.1) is 18.7 Å². The molecule has 0 spiro atoms. The molecule has 1 aromatic carbocycles. The van der Waals surface area contributed by atoms with Crippen LogP contribution in [0.2, 0.25) is 0 Å². The summed E-state index contributed by atoms with van der Waals surface area (Å²) in [6, 6.07) is 3.76. The van der Waals surface area contributed by atoms with Crippen LogP contribution >= 0.6 is 0 Å². The third-order valence-electron chi connectivity index (χ3n) is 4.53. The Hall–Kier alpha value is -3.16. The Balaban J connectivity index is 1.57. The molecule has 0 saturated heterocycles. The molecule has 1 fully saturated rings. The Bertz CT molecular complexity index is 966. The quantitative estimate of drug-likeness (QED) is 0.664. The average Bonchev–Trinajstić information content (AvgIpc) is 3.41. The average molecular weight is 355 g/mol. The summed E-state index contributed by atoms with van der Waals surface area (Å²) in [6.45, 7) is 1.88. The molecule has 1 aliphatic rings. The summed E-state index contributed by atoms with van der Waals surface area (Å²) in [5.74, 6) is 0.784. The van der Waals surface area contributed by atoms with Gasteiger partial charge in [0, 0.05) is 10.9 Å². The molecule has 7 nitrogen and oxygen atoms in total. The number of hydrogen-bond acceptors (Lipinski definition) is 5. The second-order valence-electron chi connectivity index (χ2n) is 6.48. The Morgan fingerprint density at radius 2 is 2.08 bits per heavy atom. The molecule has 1 atom stereocenters. The lowest BCUT2D eigenvalue weighted by Gasteiger charge is -2.17. The van der Waals surface area contributed by atoms with E-state index in [2.05, 4.69) is 20.6 Å². The monoisotopic (exact) mass is 355 g/mol. The maximum atomic E-state index is 13.5. The Morgan fingerprint density at radius 3 is 2.77 bits per heavy atom. The van der Waals surface area contributed by atoms with Crippen LogP contribution in [0.4, 0.5) is 20.8 Å². The number of amides is 2. The van der Waals surface area contributed by atoms with Crippen LogP contribution in [-0.4, -0.2) is 16.0 Å². The van der Waals surface area contributed by atoms with Gasteiger partial charge in [-0.1, -0.05) is 0 Å². The van der Waals surface area contributed by atoms with Crippen LogP contribution in [0.3, 0.4) is 0 Å². The SMILES string of the molecule is Cc1c([C@@H](NC(=O)Nc2cnc(N)nc2)C2CC2)oc2ccc(F)cc12. The number of aromatic nitrogens is 2. The van der Waals surface area contributed by atoms with Crippen molar-refractivity contribution in [3.63, 3.8) is 0 Å². The van der Waals surface area contributed by atoms with Crippen molar-refractivity contribution in [2.75, 3.05) is 11.1 Å². The highest BCUT2D eigenvalue weighted by Gasteiger charge is 2.37. The Labute approximate surface area is 148 Å². The molecule has 2 aromatic heterocycles. The molecule has 0 unspecified atom stereocenters. The van der Waals surface area contributed by atoms with Crippen molar-refractivity contribution < 1.29 is 13.6 Å². The number of nitrogen functional groups attached to an aromatic ring is 1. The van der Waals surface area contributed by atoms with Crippen LogP contribution in [0.1, 0.15) is 30.2 Å². The maximum Gasteiger partial charge on any atom is 0.319 e. The smallest absolute Gasteiger partial charge is 0.319 e. The van der Waals surface area contributed by atoms with E-state index >= 15 is 0 Å². The maximum absolute atomic E-state index is 13.5. The fourth-order valence-corrected chi connectivity index (χ4v) is 3.05. The van der Waals surface area contributed by atoms with Gasteiger partial charge in [-0.05, 0) is 43.9 Å². The van der Waals surface area contributed by atoms with Gasteiger partial charge >= 0.3 is 6.03 Å². The molecule has 8 heteroatoms. The van der Waals surface area contributed by atoms with E-state index in [1.165, 1.54) is 24.5 Å². The minimum Gasteiger partial charge on any atom is -0.459 e. The fourth-order valence-electron chi connectivity index (χ4n) is 3.05. The number of benzene rings is 1. The molecule has 1 aliphatic carbocycles. The number of fused-ring (bicyclic) bond motifs is 1. The van der Waals surface area contributed by atoms with Gasteiger partial charge in [-0.3, -0.25) is 0 Å². The number of nitrogens with one attached hydrogen (secondary N) is 2. The highest BCUT2D eigenvalue weighted by molar-refractivity contribution is 5.89. The van der Waals surface area contributed by atoms with Crippen LogP contribution in [0.25, 0.3) is 11.0 Å². The summed E-state index contributed by atoms with van der Waals surface area (Å²) in [6.07, 6.45) is 4.87. The first-order chi connectivity index (χ1) is 12.5. The number of nitrogens with zero attached hydrogens (tertiary/aromatic N) is 2. The lowest BCUT2D eigenvalue weighted by molar-refractivity contribution is 0.244. The second kappa shape index (κ2) is 6.29. The summed E-state index contributed by atoms with van der Waals surface area (Å²) in [7, 11) is 0. The molecule has 0 aliphatic heterocycles. The minimum atomic E-state index is -0.388. The molecule has 4 N–H and O–H groups in total. The van der Waals surface area contributed by atoms with E-state index in [4.69, 9.17) is 10.2 Å². The molecule has 134 valence electrons. The number of anilines is 2. The van der Waals surface area contributed by atoms with E-state index in [1.807, 2.05) is 6.92 Å². The van der Waals surface area contributed by atoms with Crippen molar-refractivity contribution in [1.82, 2.24) is 15.3 Å². The standard InChI is InChI=1S/C18H18FN5O2/c1-9-13-6-11(19)4-5-14(13)26-16(9)15(10-2-3-10)24-18(25)23-12-7-21-17(20)22-8-12/h4-8,10,15H,2-3H2,1H3,(H2,20,21,22)(H2,23,24,25)/t15-/m0/s1. The molecule has 2 heterocycles. The first-order valence-electron chi connectivity index (χ1n) is 8.35. The predicted molar refractivity (Wildman–Crippen MR) is 95.0 cm³/mol. The van der Waals surface area contributed by atoms with Crippen molar-refractivity contribution >= 4 is 28.6 Å². The van der Waals surface area contributed by atoms with Gasteiger partial charge in [0.15, 0.2) is 0 Å². The number of furan rings is 1. The normalized spacial score (nSPS) is 15.0. The predicted octanol–water partition coefficient (Wildman–Crippen LogP) is 3.53. The zero-order valence-electron chi connectivity index (χ0n) is 14.1. The first kappa shape index (κ1) is 16.3. The molecule has 0 bridgehead atoms. The molecule has 26 heavy (non-hydrogen) atoms. The van der Waals surface area contributed by atoms with Crippen molar-refractivity contribution in [3.05, 3.63) is 47.7 Å². The zero-order chi connectivity index (χ0) is 18.3. The van der Waals surface area contributed by atoms with Crippen molar-refractivity contribution in [3.8, 4) is 0 Å². The van der Waals surface area contributed by atoms with Crippen LogP contribution in [-0.2, 0) is 0 Å². The van der Waals surface area contributed by atoms with Gasteiger partial charge in [-0.25, -0.2) is 19.2 Å².